The van der Waals surface area contributed by atoms with Crippen LogP contribution < -0.4 is 5.32 Å². The molecule has 140 valence electrons. The number of hydrogen-bond donors (Lipinski definition) is 1. The predicted molar refractivity (Wildman–Crippen MR) is 108 cm³/mol. The number of nitrogens with one attached hydrogen (secondary N) is 1. The van der Waals surface area contributed by atoms with Crippen LogP contribution >= 0.6 is 0 Å². The lowest BCUT2D eigenvalue weighted by Crippen LogP contribution is -2.17. The first-order chi connectivity index (χ1) is 14.3. The number of carbonyl (C=O) groups excluding carboxylic acids is 1. The van der Waals surface area contributed by atoms with E-state index in [9.17, 15) is 4.79 Å². The van der Waals surface area contributed by atoms with Gasteiger partial charge in [-0.1, -0.05) is 6.07 Å². The molecule has 1 N–H and O–H groups in total. The molecular formula is C21H15N7O. The molecule has 5 heterocycles. The first-order valence-corrected chi connectivity index (χ1v) is 8.92. The maximum atomic E-state index is 12.8. The summed E-state index contributed by atoms with van der Waals surface area (Å²) in [6.45, 7) is 0. The van der Waals surface area contributed by atoms with E-state index in [1.165, 1.54) is 6.33 Å². The highest BCUT2D eigenvalue weighted by Gasteiger charge is 2.16. The van der Waals surface area contributed by atoms with Crippen LogP contribution in [0.25, 0.3) is 22.5 Å². The highest BCUT2D eigenvalue weighted by atomic mass is 16.2. The minimum absolute atomic E-state index is 0.266. The summed E-state index contributed by atoms with van der Waals surface area (Å²) in [6.07, 6.45) is 11.9. The summed E-state index contributed by atoms with van der Waals surface area (Å²) < 4.78 is 3.60. The van der Waals surface area contributed by atoms with E-state index in [0.717, 1.165) is 22.5 Å². The molecule has 29 heavy (non-hydrogen) atoms. The zero-order valence-electron chi connectivity index (χ0n) is 15.2. The van der Waals surface area contributed by atoms with Crippen LogP contribution in [0.4, 0.5) is 5.69 Å². The fourth-order valence-corrected chi connectivity index (χ4v) is 3.17. The van der Waals surface area contributed by atoms with Gasteiger partial charge in [0.15, 0.2) is 0 Å². The van der Waals surface area contributed by atoms with Gasteiger partial charge in [-0.2, -0.15) is 5.10 Å². The van der Waals surface area contributed by atoms with Crippen LogP contribution in [0.3, 0.4) is 0 Å². The van der Waals surface area contributed by atoms with E-state index in [0.29, 0.717) is 11.4 Å². The zero-order valence-corrected chi connectivity index (χ0v) is 15.2. The van der Waals surface area contributed by atoms with E-state index in [1.807, 2.05) is 34.9 Å². The van der Waals surface area contributed by atoms with Gasteiger partial charge in [-0.05, 0) is 36.4 Å². The number of hydrogen-bond acceptors (Lipinski definition) is 5. The molecule has 0 aliphatic rings. The Hall–Kier alpha value is -4.33. The lowest BCUT2D eigenvalue weighted by molar-refractivity contribution is 0.101. The van der Waals surface area contributed by atoms with Gasteiger partial charge in [0.2, 0.25) is 0 Å². The molecule has 0 bridgehead atoms. The van der Waals surface area contributed by atoms with E-state index in [1.54, 1.807) is 53.9 Å². The van der Waals surface area contributed by atoms with Crippen LogP contribution in [0.15, 0.2) is 86.0 Å². The van der Waals surface area contributed by atoms with Crippen molar-refractivity contribution in [2.45, 2.75) is 0 Å². The van der Waals surface area contributed by atoms with Crippen molar-refractivity contribution >= 4 is 17.1 Å². The molecule has 8 heteroatoms. The van der Waals surface area contributed by atoms with Gasteiger partial charge in [-0.25, -0.2) is 14.6 Å². The van der Waals surface area contributed by atoms with Crippen LogP contribution in [0, 0.1) is 0 Å². The molecule has 0 saturated carbocycles. The fourth-order valence-electron chi connectivity index (χ4n) is 3.17. The fraction of sp³-hybridized carbons (Fsp3) is 0. The van der Waals surface area contributed by atoms with Crippen molar-refractivity contribution in [3.05, 3.63) is 91.7 Å². The molecule has 0 atom stereocenters. The smallest absolute Gasteiger partial charge is 0.274 e. The molecule has 5 aromatic rings. The molecule has 0 aliphatic heterocycles. The molecule has 0 saturated heterocycles. The summed E-state index contributed by atoms with van der Waals surface area (Å²) in [5.41, 5.74) is 3.89. The van der Waals surface area contributed by atoms with Gasteiger partial charge >= 0.3 is 0 Å². The summed E-state index contributed by atoms with van der Waals surface area (Å²) in [7, 11) is 0. The zero-order chi connectivity index (χ0) is 19.6. The number of amides is 1. The van der Waals surface area contributed by atoms with Gasteiger partial charge in [0.25, 0.3) is 5.91 Å². The quantitative estimate of drug-likeness (QED) is 0.516. The highest BCUT2D eigenvalue weighted by molar-refractivity contribution is 6.03. The molecule has 0 unspecified atom stereocenters. The Morgan fingerprint density at radius 3 is 2.55 bits per heavy atom. The lowest BCUT2D eigenvalue weighted by atomic mass is 10.1. The largest absolute Gasteiger partial charge is 0.319 e. The molecule has 0 spiro atoms. The van der Waals surface area contributed by atoms with E-state index in [4.69, 9.17) is 0 Å². The third kappa shape index (κ3) is 3.12. The number of fused-ring (bicyclic) bond motifs is 1. The maximum Gasteiger partial charge on any atom is 0.274 e. The van der Waals surface area contributed by atoms with Gasteiger partial charge in [-0.15, -0.1) is 0 Å². The number of rotatable bonds is 4. The summed E-state index contributed by atoms with van der Waals surface area (Å²) in [4.78, 5) is 25.0. The van der Waals surface area contributed by atoms with Crippen LogP contribution in [0.1, 0.15) is 10.5 Å². The van der Waals surface area contributed by atoms with Gasteiger partial charge < -0.3 is 9.72 Å². The van der Waals surface area contributed by atoms with Crippen molar-refractivity contribution in [2.24, 2.45) is 0 Å². The number of carbonyl (C=O) groups is 1. The van der Waals surface area contributed by atoms with Crippen molar-refractivity contribution in [3.63, 3.8) is 0 Å². The van der Waals surface area contributed by atoms with E-state index < -0.39 is 0 Å². The SMILES string of the molecule is O=C(Nc1cccnc1)c1ccnn1-c1ccc2ccc(-c3cncnc3)cn12. The lowest BCUT2D eigenvalue weighted by Gasteiger charge is -2.10. The van der Waals surface area contributed by atoms with Crippen molar-refractivity contribution in [3.8, 4) is 16.9 Å². The Morgan fingerprint density at radius 2 is 1.72 bits per heavy atom. The van der Waals surface area contributed by atoms with Crippen LogP contribution in [0.5, 0.6) is 0 Å². The average Bonchev–Trinajstić information content (AvgIpc) is 3.41. The van der Waals surface area contributed by atoms with Crippen molar-refractivity contribution < 1.29 is 4.79 Å². The standard InChI is InChI=1S/C21H15N7O/c29-21(26-17-2-1-8-22-12-17)19-7-9-25-28(19)20-6-5-18-4-3-15(13-27(18)20)16-10-23-14-24-11-16/h1-14H,(H,26,29). The minimum Gasteiger partial charge on any atom is -0.319 e. The Labute approximate surface area is 165 Å². The van der Waals surface area contributed by atoms with Crippen molar-refractivity contribution in [2.75, 3.05) is 5.32 Å². The second-order valence-corrected chi connectivity index (χ2v) is 6.36. The van der Waals surface area contributed by atoms with Crippen molar-refractivity contribution in [1.29, 1.82) is 0 Å². The normalized spacial score (nSPS) is 10.9. The molecular weight excluding hydrogens is 366 g/mol. The molecule has 0 aromatic carbocycles. The Bertz CT molecular complexity index is 1290. The number of aromatic nitrogens is 6. The molecule has 5 aromatic heterocycles. The monoisotopic (exact) mass is 381 g/mol. The maximum absolute atomic E-state index is 12.8. The van der Waals surface area contributed by atoms with Crippen LogP contribution in [0.2, 0.25) is 0 Å². The minimum atomic E-state index is -0.266. The third-order valence-electron chi connectivity index (χ3n) is 4.54. The number of nitrogens with zero attached hydrogens (tertiary/aromatic N) is 6. The molecule has 8 nitrogen and oxygen atoms in total. The molecule has 0 radical (unpaired) electrons. The van der Waals surface area contributed by atoms with Gasteiger partial charge in [0, 0.05) is 41.4 Å². The van der Waals surface area contributed by atoms with Gasteiger partial charge in [-0.3, -0.25) is 9.78 Å². The second-order valence-electron chi connectivity index (χ2n) is 6.36. The second kappa shape index (κ2) is 7.01. The molecule has 0 fully saturated rings. The van der Waals surface area contributed by atoms with Gasteiger partial charge in [0.1, 0.15) is 17.8 Å². The first-order valence-electron chi connectivity index (χ1n) is 8.92. The molecule has 5 rings (SSSR count). The molecule has 0 aliphatic carbocycles. The Kier molecular flexibility index (Phi) is 4.06. The van der Waals surface area contributed by atoms with E-state index >= 15 is 0 Å². The van der Waals surface area contributed by atoms with Gasteiger partial charge in [0.05, 0.1) is 18.1 Å². The average molecular weight is 381 g/mol. The number of anilines is 1. The summed E-state index contributed by atoms with van der Waals surface area (Å²) in [6, 6.07) is 13.1. The van der Waals surface area contributed by atoms with Crippen LogP contribution in [-0.2, 0) is 0 Å². The summed E-state index contributed by atoms with van der Waals surface area (Å²) in [5, 5.41) is 7.21. The predicted octanol–water partition coefficient (Wildman–Crippen LogP) is 3.23. The summed E-state index contributed by atoms with van der Waals surface area (Å²) >= 11 is 0. The van der Waals surface area contributed by atoms with Crippen molar-refractivity contribution in [1.82, 2.24) is 29.1 Å². The Morgan fingerprint density at radius 1 is 0.862 bits per heavy atom. The summed E-state index contributed by atoms with van der Waals surface area (Å²) in [5.74, 6) is 0.484. The highest BCUT2D eigenvalue weighted by Crippen LogP contribution is 2.22. The number of pyridine rings is 2. The van der Waals surface area contributed by atoms with E-state index in [2.05, 4.69) is 25.4 Å². The molecule has 1 amide bonds. The Balaban J connectivity index is 1.55. The van der Waals surface area contributed by atoms with E-state index in [-0.39, 0.29) is 5.91 Å². The topological polar surface area (TPSA) is 90.0 Å². The third-order valence-corrected chi connectivity index (χ3v) is 4.54. The van der Waals surface area contributed by atoms with Crippen LogP contribution in [-0.4, -0.2) is 35.0 Å². The first kappa shape index (κ1) is 16.8.